The number of unbranched alkanes of at least 4 members (excludes halogenated alkanes) is 1. The number of hydrogen-bond donors (Lipinski definition) is 1. The average molecular weight is 251 g/mol. The first-order valence-electron chi connectivity index (χ1n) is 6.15. The van der Waals surface area contributed by atoms with Crippen LogP contribution in [0.25, 0.3) is 0 Å². The summed E-state index contributed by atoms with van der Waals surface area (Å²) in [6, 6.07) is 3.51. The SMILES string of the molecule is CCCCNC(=O)c1ccc(OC)c(C)c1OC. The Hall–Kier alpha value is -1.71. The van der Waals surface area contributed by atoms with Gasteiger partial charge in [0.25, 0.3) is 5.91 Å². The molecule has 0 saturated heterocycles. The summed E-state index contributed by atoms with van der Waals surface area (Å²) in [7, 11) is 3.16. The summed E-state index contributed by atoms with van der Waals surface area (Å²) < 4.78 is 10.5. The number of ether oxygens (including phenoxy) is 2. The van der Waals surface area contributed by atoms with Crippen LogP contribution in [0.2, 0.25) is 0 Å². The third kappa shape index (κ3) is 3.15. The Morgan fingerprint density at radius 2 is 2.00 bits per heavy atom. The van der Waals surface area contributed by atoms with Crippen molar-refractivity contribution in [1.82, 2.24) is 5.32 Å². The van der Waals surface area contributed by atoms with E-state index in [1.165, 1.54) is 0 Å². The molecule has 0 unspecified atom stereocenters. The van der Waals surface area contributed by atoms with E-state index >= 15 is 0 Å². The third-order valence-corrected chi connectivity index (χ3v) is 2.84. The van der Waals surface area contributed by atoms with E-state index in [9.17, 15) is 4.79 Å². The number of carbonyl (C=O) groups is 1. The summed E-state index contributed by atoms with van der Waals surface area (Å²) in [4.78, 5) is 12.0. The Labute approximate surface area is 108 Å². The van der Waals surface area contributed by atoms with Crippen molar-refractivity contribution < 1.29 is 14.3 Å². The highest BCUT2D eigenvalue weighted by molar-refractivity contribution is 5.97. The molecule has 1 amide bonds. The van der Waals surface area contributed by atoms with Crippen molar-refractivity contribution in [3.63, 3.8) is 0 Å². The van der Waals surface area contributed by atoms with E-state index in [1.54, 1.807) is 26.4 Å². The van der Waals surface area contributed by atoms with Gasteiger partial charge in [-0.2, -0.15) is 0 Å². The zero-order valence-corrected chi connectivity index (χ0v) is 11.5. The van der Waals surface area contributed by atoms with Crippen LogP contribution in [0.1, 0.15) is 35.7 Å². The third-order valence-electron chi connectivity index (χ3n) is 2.84. The Kier molecular flexibility index (Phi) is 5.49. The van der Waals surface area contributed by atoms with Crippen LogP contribution in [0, 0.1) is 6.92 Å². The van der Waals surface area contributed by atoms with Crippen LogP contribution in [-0.2, 0) is 0 Å². The zero-order chi connectivity index (χ0) is 13.5. The van der Waals surface area contributed by atoms with E-state index in [2.05, 4.69) is 12.2 Å². The van der Waals surface area contributed by atoms with Gasteiger partial charge in [-0.15, -0.1) is 0 Å². The van der Waals surface area contributed by atoms with Gasteiger partial charge in [0.1, 0.15) is 11.5 Å². The summed E-state index contributed by atoms with van der Waals surface area (Å²) in [6.07, 6.45) is 2.03. The molecule has 0 radical (unpaired) electrons. The highest BCUT2D eigenvalue weighted by atomic mass is 16.5. The molecule has 0 aliphatic rings. The largest absolute Gasteiger partial charge is 0.496 e. The maximum Gasteiger partial charge on any atom is 0.255 e. The number of benzene rings is 1. The lowest BCUT2D eigenvalue weighted by molar-refractivity contribution is 0.0950. The van der Waals surface area contributed by atoms with Crippen LogP contribution in [0.4, 0.5) is 0 Å². The van der Waals surface area contributed by atoms with Crippen molar-refractivity contribution in [2.24, 2.45) is 0 Å². The summed E-state index contributed by atoms with van der Waals surface area (Å²) >= 11 is 0. The van der Waals surface area contributed by atoms with Crippen LogP contribution in [0.3, 0.4) is 0 Å². The molecule has 1 rings (SSSR count). The minimum atomic E-state index is -0.106. The first-order valence-corrected chi connectivity index (χ1v) is 6.15. The molecule has 1 aromatic rings. The molecule has 100 valence electrons. The highest BCUT2D eigenvalue weighted by Gasteiger charge is 2.16. The van der Waals surface area contributed by atoms with Crippen LogP contribution in [0.5, 0.6) is 11.5 Å². The quantitative estimate of drug-likeness (QED) is 0.790. The molecule has 0 saturated carbocycles. The van der Waals surface area contributed by atoms with Gasteiger partial charge in [0.2, 0.25) is 0 Å². The van der Waals surface area contributed by atoms with Gasteiger partial charge in [0.05, 0.1) is 19.8 Å². The summed E-state index contributed by atoms with van der Waals surface area (Å²) in [5.74, 6) is 1.19. The van der Waals surface area contributed by atoms with Gasteiger partial charge in [-0.25, -0.2) is 0 Å². The van der Waals surface area contributed by atoms with Crippen molar-refractivity contribution in [2.45, 2.75) is 26.7 Å². The molecule has 4 heteroatoms. The molecule has 18 heavy (non-hydrogen) atoms. The molecular weight excluding hydrogens is 230 g/mol. The van der Waals surface area contributed by atoms with Crippen LogP contribution < -0.4 is 14.8 Å². The minimum absolute atomic E-state index is 0.106. The second-order valence-electron chi connectivity index (χ2n) is 4.08. The lowest BCUT2D eigenvalue weighted by atomic mass is 10.1. The van der Waals surface area contributed by atoms with Gasteiger partial charge in [0.15, 0.2) is 0 Å². The molecule has 1 aromatic carbocycles. The average Bonchev–Trinajstić information content (AvgIpc) is 2.38. The minimum Gasteiger partial charge on any atom is -0.496 e. The van der Waals surface area contributed by atoms with Crippen LogP contribution in [-0.4, -0.2) is 26.7 Å². The molecule has 0 aliphatic heterocycles. The predicted octanol–water partition coefficient (Wildman–Crippen LogP) is 2.54. The van der Waals surface area contributed by atoms with E-state index in [0.717, 1.165) is 24.2 Å². The van der Waals surface area contributed by atoms with Crippen molar-refractivity contribution in [3.05, 3.63) is 23.3 Å². The van der Waals surface area contributed by atoms with Gasteiger partial charge < -0.3 is 14.8 Å². The fourth-order valence-corrected chi connectivity index (χ4v) is 1.81. The van der Waals surface area contributed by atoms with E-state index in [1.807, 2.05) is 6.92 Å². The van der Waals surface area contributed by atoms with Gasteiger partial charge in [-0.05, 0) is 25.5 Å². The first kappa shape index (κ1) is 14.4. The molecule has 4 nitrogen and oxygen atoms in total. The van der Waals surface area contributed by atoms with Crippen molar-refractivity contribution in [3.8, 4) is 11.5 Å². The lowest BCUT2D eigenvalue weighted by Crippen LogP contribution is -2.25. The second-order valence-corrected chi connectivity index (χ2v) is 4.08. The normalized spacial score (nSPS) is 10.0. The molecule has 0 heterocycles. The highest BCUT2D eigenvalue weighted by Crippen LogP contribution is 2.31. The Morgan fingerprint density at radius 1 is 1.28 bits per heavy atom. The van der Waals surface area contributed by atoms with Gasteiger partial charge in [-0.3, -0.25) is 4.79 Å². The molecule has 0 aromatic heterocycles. The fourth-order valence-electron chi connectivity index (χ4n) is 1.81. The topological polar surface area (TPSA) is 47.6 Å². The lowest BCUT2D eigenvalue weighted by Gasteiger charge is -2.14. The van der Waals surface area contributed by atoms with E-state index in [0.29, 0.717) is 17.9 Å². The van der Waals surface area contributed by atoms with Crippen molar-refractivity contribution >= 4 is 5.91 Å². The molecule has 0 aliphatic carbocycles. The maximum absolute atomic E-state index is 12.0. The number of amides is 1. The number of methoxy groups -OCH3 is 2. The van der Waals surface area contributed by atoms with E-state index in [4.69, 9.17) is 9.47 Å². The number of rotatable bonds is 6. The molecule has 0 fully saturated rings. The summed E-state index contributed by atoms with van der Waals surface area (Å²) in [5, 5.41) is 2.88. The number of nitrogens with one attached hydrogen (secondary N) is 1. The van der Waals surface area contributed by atoms with Crippen molar-refractivity contribution in [2.75, 3.05) is 20.8 Å². The predicted molar refractivity (Wildman–Crippen MR) is 71.5 cm³/mol. The standard InChI is InChI=1S/C14H21NO3/c1-5-6-9-15-14(16)11-7-8-12(17-3)10(2)13(11)18-4/h7-8H,5-6,9H2,1-4H3,(H,15,16). The Balaban J connectivity index is 2.94. The summed E-state index contributed by atoms with van der Waals surface area (Å²) in [6.45, 7) is 4.65. The second kappa shape index (κ2) is 6.89. The first-order chi connectivity index (χ1) is 8.65. The molecular formula is C14H21NO3. The smallest absolute Gasteiger partial charge is 0.255 e. The monoisotopic (exact) mass is 251 g/mol. The maximum atomic E-state index is 12.0. The van der Waals surface area contributed by atoms with Crippen molar-refractivity contribution in [1.29, 1.82) is 0 Å². The fraction of sp³-hybridized carbons (Fsp3) is 0.500. The van der Waals surface area contributed by atoms with Crippen LogP contribution >= 0.6 is 0 Å². The Bertz CT molecular complexity index is 416. The van der Waals surface area contributed by atoms with E-state index < -0.39 is 0 Å². The molecule has 0 spiro atoms. The van der Waals surface area contributed by atoms with Gasteiger partial charge >= 0.3 is 0 Å². The molecule has 0 bridgehead atoms. The number of hydrogen-bond acceptors (Lipinski definition) is 3. The van der Waals surface area contributed by atoms with Gasteiger partial charge in [0, 0.05) is 12.1 Å². The summed E-state index contributed by atoms with van der Waals surface area (Å²) in [5.41, 5.74) is 1.38. The molecule has 1 N–H and O–H groups in total. The van der Waals surface area contributed by atoms with Gasteiger partial charge in [-0.1, -0.05) is 13.3 Å². The number of carbonyl (C=O) groups excluding carboxylic acids is 1. The molecule has 0 atom stereocenters. The van der Waals surface area contributed by atoms with E-state index in [-0.39, 0.29) is 5.91 Å². The Morgan fingerprint density at radius 3 is 2.56 bits per heavy atom. The zero-order valence-electron chi connectivity index (χ0n) is 11.5. The van der Waals surface area contributed by atoms with Crippen LogP contribution in [0.15, 0.2) is 12.1 Å².